The van der Waals surface area contributed by atoms with E-state index in [9.17, 15) is 0 Å². The molecule has 0 aliphatic carbocycles. The van der Waals surface area contributed by atoms with E-state index in [-0.39, 0.29) is 0 Å². The quantitative estimate of drug-likeness (QED) is 0.600. The fourth-order valence-corrected chi connectivity index (χ4v) is 2.82. The van der Waals surface area contributed by atoms with Gasteiger partial charge in [-0.1, -0.05) is 35.3 Å². The summed E-state index contributed by atoms with van der Waals surface area (Å²) in [5.41, 5.74) is 1.46. The SMILES string of the molecule is Clc1ccc(C2(Cl)Nc3ccccc3O2)c(Cl)c1. The van der Waals surface area contributed by atoms with Crippen molar-refractivity contribution in [1.29, 1.82) is 0 Å². The third-order valence-corrected chi connectivity index (χ3v) is 3.63. The summed E-state index contributed by atoms with van der Waals surface area (Å²) in [6.07, 6.45) is 0. The van der Waals surface area contributed by atoms with Crippen molar-refractivity contribution in [2.24, 2.45) is 0 Å². The summed E-state index contributed by atoms with van der Waals surface area (Å²) < 4.78 is 5.73. The first kappa shape index (κ1) is 12.0. The van der Waals surface area contributed by atoms with Crippen LogP contribution in [0.3, 0.4) is 0 Å². The predicted molar refractivity (Wildman–Crippen MR) is 74.7 cm³/mol. The molecule has 1 aliphatic rings. The Morgan fingerprint density at radius 2 is 1.83 bits per heavy atom. The van der Waals surface area contributed by atoms with Crippen LogP contribution in [0, 0.1) is 0 Å². The van der Waals surface area contributed by atoms with Crippen molar-refractivity contribution in [3.8, 4) is 5.75 Å². The highest BCUT2D eigenvalue weighted by molar-refractivity contribution is 6.36. The van der Waals surface area contributed by atoms with Gasteiger partial charge in [0.1, 0.15) is 5.75 Å². The number of ether oxygens (including phenoxy) is 1. The second-order valence-electron chi connectivity index (χ2n) is 3.94. The lowest BCUT2D eigenvalue weighted by molar-refractivity contribution is 0.213. The molecule has 1 heterocycles. The van der Waals surface area contributed by atoms with Crippen molar-refractivity contribution < 1.29 is 4.74 Å². The van der Waals surface area contributed by atoms with Gasteiger partial charge < -0.3 is 10.1 Å². The van der Waals surface area contributed by atoms with E-state index in [1.54, 1.807) is 18.2 Å². The molecule has 0 radical (unpaired) electrons. The van der Waals surface area contributed by atoms with Gasteiger partial charge in [0, 0.05) is 5.02 Å². The van der Waals surface area contributed by atoms with Gasteiger partial charge in [-0.15, -0.1) is 0 Å². The van der Waals surface area contributed by atoms with E-state index in [1.807, 2.05) is 24.3 Å². The van der Waals surface area contributed by atoms with Gasteiger partial charge in [-0.05, 0) is 41.9 Å². The second-order valence-corrected chi connectivity index (χ2v) is 5.32. The molecule has 1 N–H and O–H groups in total. The molecule has 0 spiro atoms. The highest BCUT2D eigenvalue weighted by atomic mass is 35.5. The zero-order chi connectivity index (χ0) is 12.8. The fraction of sp³-hybridized carbons (Fsp3) is 0.0769. The lowest BCUT2D eigenvalue weighted by atomic mass is 10.2. The number of benzene rings is 2. The molecule has 1 atom stereocenters. The topological polar surface area (TPSA) is 21.3 Å². The lowest BCUT2D eigenvalue weighted by Crippen LogP contribution is -2.30. The maximum atomic E-state index is 6.46. The minimum absolute atomic E-state index is 0.456. The van der Waals surface area contributed by atoms with E-state index in [4.69, 9.17) is 39.5 Å². The smallest absolute Gasteiger partial charge is 0.287 e. The minimum Gasteiger partial charge on any atom is -0.448 e. The zero-order valence-corrected chi connectivity index (χ0v) is 11.4. The second kappa shape index (κ2) is 4.23. The molecule has 5 heteroatoms. The maximum absolute atomic E-state index is 6.46. The Bertz CT molecular complexity index is 590. The summed E-state index contributed by atoms with van der Waals surface area (Å²) in [5, 5.41) is 2.93. The maximum Gasteiger partial charge on any atom is 0.287 e. The summed E-state index contributed by atoms with van der Waals surface area (Å²) >= 11 is 18.5. The molecular weight excluding hydrogens is 293 g/mol. The van der Waals surface area contributed by atoms with Crippen molar-refractivity contribution in [3.05, 3.63) is 58.1 Å². The third-order valence-electron chi connectivity index (χ3n) is 2.71. The molecule has 0 fully saturated rings. The molecular formula is C13H8Cl3NO. The van der Waals surface area contributed by atoms with Gasteiger partial charge >= 0.3 is 0 Å². The molecule has 0 aromatic heterocycles. The number of alkyl halides is 1. The van der Waals surface area contributed by atoms with Crippen LogP contribution >= 0.6 is 34.8 Å². The Hall–Kier alpha value is -1.09. The lowest BCUT2D eigenvalue weighted by Gasteiger charge is -2.23. The van der Waals surface area contributed by atoms with Crippen LogP contribution in [0.15, 0.2) is 42.5 Å². The van der Waals surface area contributed by atoms with Gasteiger partial charge in [0.25, 0.3) is 5.18 Å². The summed E-state index contributed by atoms with van der Waals surface area (Å²) in [6.45, 7) is 0. The van der Waals surface area contributed by atoms with Gasteiger partial charge in [0.15, 0.2) is 0 Å². The highest BCUT2D eigenvalue weighted by Crippen LogP contribution is 2.46. The van der Waals surface area contributed by atoms with Crippen LogP contribution in [0.5, 0.6) is 5.75 Å². The molecule has 2 aromatic carbocycles. The van der Waals surface area contributed by atoms with Crippen molar-refractivity contribution in [1.82, 2.24) is 0 Å². The van der Waals surface area contributed by atoms with Crippen molar-refractivity contribution in [2.45, 2.75) is 5.18 Å². The molecule has 0 saturated carbocycles. The van der Waals surface area contributed by atoms with Gasteiger partial charge in [0.2, 0.25) is 0 Å². The van der Waals surface area contributed by atoms with Crippen LogP contribution in [-0.4, -0.2) is 0 Å². The average Bonchev–Trinajstić information content (AvgIpc) is 2.65. The Morgan fingerprint density at radius 1 is 1.06 bits per heavy atom. The predicted octanol–water partition coefficient (Wildman–Crippen LogP) is 4.85. The largest absolute Gasteiger partial charge is 0.448 e. The standard InChI is InChI=1S/C13H8Cl3NO/c14-8-5-6-9(10(15)7-8)13(16)17-11-3-1-2-4-12(11)18-13/h1-7,17H. The summed E-state index contributed by atoms with van der Waals surface area (Å²) in [7, 11) is 0. The normalized spacial score (nSPS) is 21.1. The number of nitrogens with one attached hydrogen (secondary N) is 1. The highest BCUT2D eigenvalue weighted by Gasteiger charge is 2.40. The molecule has 1 aliphatic heterocycles. The molecule has 0 bridgehead atoms. The summed E-state index contributed by atoms with van der Waals surface area (Å²) in [4.78, 5) is 0. The number of hydrogen-bond donors (Lipinski definition) is 1. The summed E-state index contributed by atoms with van der Waals surface area (Å²) in [6, 6.07) is 12.6. The third kappa shape index (κ3) is 1.91. The van der Waals surface area contributed by atoms with Gasteiger partial charge in [-0.2, -0.15) is 0 Å². The van der Waals surface area contributed by atoms with Crippen LogP contribution in [0.4, 0.5) is 5.69 Å². The fourth-order valence-electron chi connectivity index (χ4n) is 1.88. The first-order valence-electron chi connectivity index (χ1n) is 5.29. The van der Waals surface area contributed by atoms with Gasteiger partial charge in [-0.25, -0.2) is 0 Å². The first-order valence-corrected chi connectivity index (χ1v) is 6.42. The van der Waals surface area contributed by atoms with Crippen molar-refractivity contribution in [3.63, 3.8) is 0 Å². The first-order chi connectivity index (χ1) is 8.58. The van der Waals surface area contributed by atoms with Crippen LogP contribution in [0.1, 0.15) is 5.56 Å². The molecule has 2 nitrogen and oxygen atoms in total. The Kier molecular flexibility index (Phi) is 2.81. The van der Waals surface area contributed by atoms with Crippen LogP contribution in [-0.2, 0) is 5.18 Å². The van der Waals surface area contributed by atoms with E-state index in [0.29, 0.717) is 21.4 Å². The number of halogens is 3. The molecule has 0 amide bonds. The van der Waals surface area contributed by atoms with Crippen LogP contribution < -0.4 is 10.1 Å². The monoisotopic (exact) mass is 299 g/mol. The van der Waals surface area contributed by atoms with E-state index in [1.165, 1.54) is 0 Å². The van der Waals surface area contributed by atoms with E-state index >= 15 is 0 Å². The van der Waals surface area contributed by atoms with Crippen LogP contribution in [0.25, 0.3) is 0 Å². The average molecular weight is 301 g/mol. The number of anilines is 1. The number of rotatable bonds is 1. The zero-order valence-electron chi connectivity index (χ0n) is 9.08. The molecule has 2 aromatic rings. The number of hydrogen-bond acceptors (Lipinski definition) is 2. The van der Waals surface area contributed by atoms with E-state index in [2.05, 4.69) is 5.32 Å². The van der Waals surface area contributed by atoms with Gasteiger partial charge in [0.05, 0.1) is 16.3 Å². The molecule has 1 unspecified atom stereocenters. The number of para-hydroxylation sites is 2. The Balaban J connectivity index is 2.04. The molecule has 3 rings (SSSR count). The minimum atomic E-state index is -1.19. The summed E-state index contributed by atoms with van der Waals surface area (Å²) in [5.74, 6) is 0.693. The Morgan fingerprint density at radius 3 is 2.56 bits per heavy atom. The number of fused-ring (bicyclic) bond motifs is 1. The van der Waals surface area contributed by atoms with E-state index in [0.717, 1.165) is 5.69 Å². The van der Waals surface area contributed by atoms with Crippen LogP contribution in [0.2, 0.25) is 10.0 Å². The Labute approximate surface area is 119 Å². The van der Waals surface area contributed by atoms with Crippen molar-refractivity contribution >= 4 is 40.5 Å². The molecule has 0 saturated heterocycles. The van der Waals surface area contributed by atoms with E-state index < -0.39 is 5.18 Å². The van der Waals surface area contributed by atoms with Crippen molar-refractivity contribution in [2.75, 3.05) is 5.32 Å². The van der Waals surface area contributed by atoms with Gasteiger partial charge in [-0.3, -0.25) is 0 Å². The molecule has 18 heavy (non-hydrogen) atoms. The molecule has 92 valence electrons.